The van der Waals surface area contributed by atoms with Crippen molar-refractivity contribution in [1.82, 2.24) is 0 Å². The van der Waals surface area contributed by atoms with Gasteiger partial charge in [-0.1, -0.05) is 30.3 Å². The van der Waals surface area contributed by atoms with Gasteiger partial charge in [0.15, 0.2) is 0 Å². The van der Waals surface area contributed by atoms with Gasteiger partial charge in [-0.3, -0.25) is 0 Å². The van der Waals surface area contributed by atoms with E-state index in [2.05, 4.69) is 12.1 Å². The van der Waals surface area contributed by atoms with Crippen LogP contribution in [-0.2, 0) is 5.54 Å². The first-order chi connectivity index (χ1) is 8.76. The van der Waals surface area contributed by atoms with Gasteiger partial charge in [0.2, 0.25) is 0 Å². The Hall–Kier alpha value is -1.80. The van der Waals surface area contributed by atoms with Crippen molar-refractivity contribution < 1.29 is 4.74 Å². The van der Waals surface area contributed by atoms with Crippen LogP contribution >= 0.6 is 0 Å². The second-order valence-electron chi connectivity index (χ2n) is 4.95. The molecule has 2 nitrogen and oxygen atoms in total. The molecule has 0 aromatic heterocycles. The lowest BCUT2D eigenvalue weighted by atomic mass is 9.73. The smallest absolute Gasteiger partial charge is 0.127 e. The lowest BCUT2D eigenvalue weighted by molar-refractivity contribution is 0.253. The van der Waals surface area contributed by atoms with Crippen molar-refractivity contribution in [2.45, 2.75) is 24.8 Å². The average molecular weight is 239 g/mol. The SMILES string of the molecule is NC1(c2cccc(Oc3ccccc3)c2)CCC1. The van der Waals surface area contributed by atoms with Crippen LogP contribution in [0, 0.1) is 0 Å². The number of rotatable bonds is 3. The van der Waals surface area contributed by atoms with E-state index in [0.717, 1.165) is 24.3 Å². The Balaban J connectivity index is 1.83. The highest BCUT2D eigenvalue weighted by atomic mass is 16.5. The van der Waals surface area contributed by atoms with E-state index in [-0.39, 0.29) is 5.54 Å². The van der Waals surface area contributed by atoms with Gasteiger partial charge in [0.25, 0.3) is 0 Å². The van der Waals surface area contributed by atoms with Crippen LogP contribution in [0.2, 0.25) is 0 Å². The zero-order valence-corrected chi connectivity index (χ0v) is 10.3. The van der Waals surface area contributed by atoms with E-state index in [0.29, 0.717) is 0 Å². The second kappa shape index (κ2) is 4.46. The predicted molar refractivity (Wildman–Crippen MR) is 72.7 cm³/mol. The summed E-state index contributed by atoms with van der Waals surface area (Å²) in [5, 5.41) is 0. The molecule has 0 unspecified atom stereocenters. The van der Waals surface area contributed by atoms with Crippen molar-refractivity contribution in [2.75, 3.05) is 0 Å². The molecule has 0 spiro atoms. The summed E-state index contributed by atoms with van der Waals surface area (Å²) in [6.45, 7) is 0. The first-order valence-corrected chi connectivity index (χ1v) is 6.39. The summed E-state index contributed by atoms with van der Waals surface area (Å²) >= 11 is 0. The highest BCUT2D eigenvalue weighted by Crippen LogP contribution is 2.39. The highest BCUT2D eigenvalue weighted by Gasteiger charge is 2.34. The number of ether oxygens (including phenoxy) is 1. The molecule has 1 fully saturated rings. The van der Waals surface area contributed by atoms with Gasteiger partial charge in [0.1, 0.15) is 11.5 Å². The minimum atomic E-state index is -0.129. The summed E-state index contributed by atoms with van der Waals surface area (Å²) in [6.07, 6.45) is 3.36. The van der Waals surface area contributed by atoms with Crippen LogP contribution in [0.25, 0.3) is 0 Å². The molecule has 92 valence electrons. The Morgan fingerprint density at radius 1 is 0.889 bits per heavy atom. The summed E-state index contributed by atoms with van der Waals surface area (Å²) in [7, 11) is 0. The Morgan fingerprint density at radius 2 is 1.61 bits per heavy atom. The van der Waals surface area contributed by atoms with Crippen LogP contribution in [0.4, 0.5) is 0 Å². The highest BCUT2D eigenvalue weighted by molar-refractivity contribution is 5.37. The number of nitrogens with two attached hydrogens (primary N) is 1. The maximum atomic E-state index is 6.33. The van der Waals surface area contributed by atoms with Gasteiger partial charge in [-0.15, -0.1) is 0 Å². The molecule has 0 aliphatic heterocycles. The van der Waals surface area contributed by atoms with E-state index < -0.39 is 0 Å². The second-order valence-corrected chi connectivity index (χ2v) is 4.95. The molecule has 0 heterocycles. The molecule has 1 aliphatic rings. The number of hydrogen-bond donors (Lipinski definition) is 1. The van der Waals surface area contributed by atoms with Gasteiger partial charge < -0.3 is 10.5 Å². The first-order valence-electron chi connectivity index (χ1n) is 6.39. The Bertz CT molecular complexity index is 532. The maximum Gasteiger partial charge on any atom is 0.127 e. The molecule has 2 N–H and O–H groups in total. The topological polar surface area (TPSA) is 35.2 Å². The van der Waals surface area contributed by atoms with Crippen LogP contribution in [0.15, 0.2) is 54.6 Å². The molecule has 3 rings (SSSR count). The fourth-order valence-electron chi connectivity index (χ4n) is 2.34. The summed E-state index contributed by atoms with van der Waals surface area (Å²) in [5.74, 6) is 1.71. The molecule has 1 saturated carbocycles. The lowest BCUT2D eigenvalue weighted by Gasteiger charge is -2.38. The first kappa shape index (κ1) is 11.3. The molecule has 0 amide bonds. The summed E-state index contributed by atoms with van der Waals surface area (Å²) < 4.78 is 5.83. The molecule has 0 saturated heterocycles. The van der Waals surface area contributed by atoms with Crippen molar-refractivity contribution in [1.29, 1.82) is 0 Å². The van der Waals surface area contributed by atoms with Gasteiger partial charge >= 0.3 is 0 Å². The molecule has 2 aromatic rings. The third-order valence-electron chi connectivity index (χ3n) is 3.63. The zero-order chi connectivity index (χ0) is 12.4. The van der Waals surface area contributed by atoms with Crippen molar-refractivity contribution in [3.63, 3.8) is 0 Å². The molecule has 2 heteroatoms. The van der Waals surface area contributed by atoms with E-state index in [1.54, 1.807) is 0 Å². The van der Waals surface area contributed by atoms with Gasteiger partial charge in [-0.25, -0.2) is 0 Å². The summed E-state index contributed by atoms with van der Waals surface area (Å²) in [5.41, 5.74) is 7.38. The molecule has 0 bridgehead atoms. The van der Waals surface area contributed by atoms with Crippen molar-refractivity contribution in [3.05, 3.63) is 60.2 Å². The fraction of sp³-hybridized carbons (Fsp3) is 0.250. The average Bonchev–Trinajstić information content (AvgIpc) is 2.37. The molecule has 1 aliphatic carbocycles. The maximum absolute atomic E-state index is 6.33. The van der Waals surface area contributed by atoms with Crippen molar-refractivity contribution in [2.24, 2.45) is 5.73 Å². The monoisotopic (exact) mass is 239 g/mol. The number of benzene rings is 2. The number of para-hydroxylation sites is 1. The quantitative estimate of drug-likeness (QED) is 0.883. The molecular weight excluding hydrogens is 222 g/mol. The Morgan fingerprint density at radius 3 is 2.28 bits per heavy atom. The van der Waals surface area contributed by atoms with E-state index in [4.69, 9.17) is 10.5 Å². The normalized spacial score (nSPS) is 16.9. The molecular formula is C16H17NO. The van der Waals surface area contributed by atoms with Crippen LogP contribution in [-0.4, -0.2) is 0 Å². The van der Waals surface area contributed by atoms with Crippen LogP contribution < -0.4 is 10.5 Å². The predicted octanol–water partition coefficient (Wildman–Crippen LogP) is 3.82. The largest absolute Gasteiger partial charge is 0.457 e. The van der Waals surface area contributed by atoms with Crippen molar-refractivity contribution >= 4 is 0 Å². The van der Waals surface area contributed by atoms with Crippen LogP contribution in [0.5, 0.6) is 11.5 Å². The molecule has 18 heavy (non-hydrogen) atoms. The fourth-order valence-corrected chi connectivity index (χ4v) is 2.34. The molecule has 0 atom stereocenters. The van der Waals surface area contributed by atoms with Crippen LogP contribution in [0.3, 0.4) is 0 Å². The van der Waals surface area contributed by atoms with E-state index in [9.17, 15) is 0 Å². The van der Waals surface area contributed by atoms with Gasteiger partial charge in [-0.2, -0.15) is 0 Å². The van der Waals surface area contributed by atoms with E-state index >= 15 is 0 Å². The van der Waals surface area contributed by atoms with Gasteiger partial charge in [0.05, 0.1) is 0 Å². The van der Waals surface area contributed by atoms with E-state index in [1.807, 2.05) is 42.5 Å². The number of hydrogen-bond acceptors (Lipinski definition) is 2. The standard InChI is InChI=1S/C16H17NO/c17-16(10-5-11-16)13-6-4-9-15(12-13)18-14-7-2-1-3-8-14/h1-4,6-9,12H,5,10-11,17H2. The third-order valence-corrected chi connectivity index (χ3v) is 3.63. The van der Waals surface area contributed by atoms with Crippen LogP contribution in [0.1, 0.15) is 24.8 Å². The van der Waals surface area contributed by atoms with E-state index in [1.165, 1.54) is 12.0 Å². The Kier molecular flexibility index (Phi) is 2.80. The third kappa shape index (κ3) is 2.12. The minimum absolute atomic E-state index is 0.129. The summed E-state index contributed by atoms with van der Waals surface area (Å²) in [6, 6.07) is 18.0. The lowest BCUT2D eigenvalue weighted by Crippen LogP contribution is -2.43. The summed E-state index contributed by atoms with van der Waals surface area (Å²) in [4.78, 5) is 0. The van der Waals surface area contributed by atoms with Crippen molar-refractivity contribution in [3.8, 4) is 11.5 Å². The zero-order valence-electron chi connectivity index (χ0n) is 10.3. The Labute approximate surface area is 107 Å². The molecule has 2 aromatic carbocycles. The minimum Gasteiger partial charge on any atom is -0.457 e. The molecule has 0 radical (unpaired) electrons. The van der Waals surface area contributed by atoms with Gasteiger partial charge in [-0.05, 0) is 49.1 Å². The van der Waals surface area contributed by atoms with Gasteiger partial charge in [0, 0.05) is 5.54 Å².